The summed E-state index contributed by atoms with van der Waals surface area (Å²) in [6, 6.07) is 4.38. The van der Waals surface area contributed by atoms with Gasteiger partial charge in [0.25, 0.3) is 0 Å². The average Bonchev–Trinajstić information content (AvgIpc) is 2.23. The van der Waals surface area contributed by atoms with E-state index in [1.54, 1.807) is 7.11 Å². The number of halogens is 1. The van der Waals surface area contributed by atoms with E-state index in [4.69, 9.17) is 9.47 Å². The van der Waals surface area contributed by atoms with Crippen molar-refractivity contribution in [2.75, 3.05) is 25.7 Å². The summed E-state index contributed by atoms with van der Waals surface area (Å²) < 4.78 is 10.7. The first-order chi connectivity index (χ1) is 7.69. The number of hydrogen-bond donors (Lipinski definition) is 0. The van der Waals surface area contributed by atoms with Gasteiger partial charge in [-0.25, -0.2) is 0 Å². The largest absolute Gasteiger partial charge is 0.491 e. The molecule has 1 aromatic rings. The van der Waals surface area contributed by atoms with Crippen LogP contribution in [0, 0.1) is 13.8 Å². The molecule has 0 N–H and O–H groups in total. The molecule has 1 aromatic carbocycles. The SMILES string of the molecule is COCCOc1c(C)cc(CCBr)cc1C. The molecule has 0 aliphatic carbocycles. The van der Waals surface area contributed by atoms with Gasteiger partial charge in [0.2, 0.25) is 0 Å². The van der Waals surface area contributed by atoms with Crippen molar-refractivity contribution in [2.45, 2.75) is 20.3 Å². The number of alkyl halides is 1. The molecule has 0 saturated carbocycles. The van der Waals surface area contributed by atoms with Gasteiger partial charge >= 0.3 is 0 Å². The summed E-state index contributed by atoms with van der Waals surface area (Å²) in [5, 5.41) is 0.996. The van der Waals surface area contributed by atoms with Gasteiger partial charge in [0.1, 0.15) is 12.4 Å². The highest BCUT2D eigenvalue weighted by atomic mass is 79.9. The van der Waals surface area contributed by atoms with Crippen molar-refractivity contribution in [3.8, 4) is 5.75 Å². The van der Waals surface area contributed by atoms with Crippen LogP contribution in [0.3, 0.4) is 0 Å². The Hall–Kier alpha value is -0.540. The zero-order chi connectivity index (χ0) is 12.0. The molecule has 0 aliphatic heterocycles. The third kappa shape index (κ3) is 3.80. The third-order valence-corrected chi connectivity index (χ3v) is 2.83. The zero-order valence-corrected chi connectivity index (χ0v) is 11.8. The fourth-order valence-electron chi connectivity index (χ4n) is 1.75. The molecular formula is C13H19BrO2. The number of methoxy groups -OCH3 is 1. The minimum atomic E-state index is 0.607. The van der Waals surface area contributed by atoms with E-state index >= 15 is 0 Å². The molecular weight excluding hydrogens is 268 g/mol. The molecule has 0 aromatic heterocycles. The molecule has 0 amide bonds. The Labute approximate surface area is 106 Å². The molecule has 0 unspecified atom stereocenters. The Kier molecular flexibility index (Phi) is 5.85. The van der Waals surface area contributed by atoms with Crippen LogP contribution in [0.1, 0.15) is 16.7 Å². The van der Waals surface area contributed by atoms with Crippen LogP contribution in [0.2, 0.25) is 0 Å². The van der Waals surface area contributed by atoms with Crippen LogP contribution in [0.25, 0.3) is 0 Å². The van der Waals surface area contributed by atoms with Crippen molar-refractivity contribution in [1.82, 2.24) is 0 Å². The quantitative estimate of drug-likeness (QED) is 0.590. The summed E-state index contributed by atoms with van der Waals surface area (Å²) in [6.07, 6.45) is 1.06. The lowest BCUT2D eigenvalue weighted by Gasteiger charge is -2.13. The molecule has 0 spiro atoms. The number of rotatable bonds is 6. The molecule has 0 atom stereocenters. The van der Waals surface area contributed by atoms with E-state index in [1.807, 2.05) is 0 Å². The van der Waals surface area contributed by atoms with Gasteiger partial charge in [-0.2, -0.15) is 0 Å². The topological polar surface area (TPSA) is 18.5 Å². The lowest BCUT2D eigenvalue weighted by atomic mass is 10.0. The molecule has 0 aliphatic rings. The van der Waals surface area contributed by atoms with E-state index in [1.165, 1.54) is 16.7 Å². The molecule has 16 heavy (non-hydrogen) atoms. The number of aryl methyl sites for hydroxylation is 3. The standard InChI is InChI=1S/C13H19BrO2/c1-10-8-12(4-5-14)9-11(2)13(10)16-7-6-15-3/h8-9H,4-7H2,1-3H3. The Morgan fingerprint density at radius 2 is 1.75 bits per heavy atom. The van der Waals surface area contributed by atoms with Crippen molar-refractivity contribution < 1.29 is 9.47 Å². The highest BCUT2D eigenvalue weighted by molar-refractivity contribution is 9.09. The fraction of sp³-hybridized carbons (Fsp3) is 0.538. The molecule has 0 fully saturated rings. The van der Waals surface area contributed by atoms with Crippen LogP contribution >= 0.6 is 15.9 Å². The average molecular weight is 287 g/mol. The first-order valence-electron chi connectivity index (χ1n) is 5.47. The zero-order valence-electron chi connectivity index (χ0n) is 10.2. The van der Waals surface area contributed by atoms with Crippen molar-refractivity contribution >= 4 is 15.9 Å². The molecule has 0 heterocycles. The number of ether oxygens (including phenoxy) is 2. The van der Waals surface area contributed by atoms with Gasteiger partial charge in [-0.3, -0.25) is 0 Å². The van der Waals surface area contributed by atoms with Crippen LogP contribution in [-0.4, -0.2) is 25.7 Å². The van der Waals surface area contributed by atoms with E-state index in [-0.39, 0.29) is 0 Å². The van der Waals surface area contributed by atoms with Crippen molar-refractivity contribution in [2.24, 2.45) is 0 Å². The lowest BCUT2D eigenvalue weighted by Crippen LogP contribution is -2.06. The highest BCUT2D eigenvalue weighted by Crippen LogP contribution is 2.25. The highest BCUT2D eigenvalue weighted by Gasteiger charge is 2.06. The first-order valence-corrected chi connectivity index (χ1v) is 6.59. The summed E-state index contributed by atoms with van der Waals surface area (Å²) >= 11 is 3.46. The predicted molar refractivity (Wildman–Crippen MR) is 70.8 cm³/mol. The lowest BCUT2D eigenvalue weighted by molar-refractivity contribution is 0.145. The van der Waals surface area contributed by atoms with Gasteiger partial charge in [0, 0.05) is 12.4 Å². The van der Waals surface area contributed by atoms with E-state index in [2.05, 4.69) is 41.9 Å². The minimum absolute atomic E-state index is 0.607. The summed E-state index contributed by atoms with van der Waals surface area (Å²) in [4.78, 5) is 0. The van der Waals surface area contributed by atoms with E-state index in [9.17, 15) is 0 Å². The van der Waals surface area contributed by atoms with E-state index in [0.717, 1.165) is 17.5 Å². The van der Waals surface area contributed by atoms with Crippen LogP contribution in [0.5, 0.6) is 5.75 Å². The number of hydrogen-bond acceptors (Lipinski definition) is 2. The normalized spacial score (nSPS) is 10.5. The Bertz CT molecular complexity index is 314. The Morgan fingerprint density at radius 3 is 2.25 bits per heavy atom. The molecule has 3 heteroatoms. The second-order valence-electron chi connectivity index (χ2n) is 3.84. The fourth-order valence-corrected chi connectivity index (χ4v) is 2.21. The van der Waals surface area contributed by atoms with Crippen molar-refractivity contribution in [3.63, 3.8) is 0 Å². The summed E-state index contributed by atoms with van der Waals surface area (Å²) in [7, 11) is 1.68. The van der Waals surface area contributed by atoms with Gasteiger partial charge in [-0.15, -0.1) is 0 Å². The monoisotopic (exact) mass is 286 g/mol. The van der Waals surface area contributed by atoms with Crippen LogP contribution in [0.15, 0.2) is 12.1 Å². The van der Waals surface area contributed by atoms with Gasteiger partial charge in [0.05, 0.1) is 6.61 Å². The second-order valence-corrected chi connectivity index (χ2v) is 4.63. The van der Waals surface area contributed by atoms with Gasteiger partial charge < -0.3 is 9.47 Å². The maximum absolute atomic E-state index is 5.70. The van der Waals surface area contributed by atoms with Gasteiger partial charge in [-0.05, 0) is 37.0 Å². The molecule has 90 valence electrons. The van der Waals surface area contributed by atoms with Crippen molar-refractivity contribution in [3.05, 3.63) is 28.8 Å². The Morgan fingerprint density at radius 1 is 1.12 bits per heavy atom. The summed E-state index contributed by atoms with van der Waals surface area (Å²) in [6.45, 7) is 5.41. The van der Waals surface area contributed by atoms with Crippen LogP contribution < -0.4 is 4.74 Å². The Balaban J connectivity index is 2.77. The predicted octanol–water partition coefficient (Wildman–Crippen LogP) is 3.27. The van der Waals surface area contributed by atoms with Crippen molar-refractivity contribution in [1.29, 1.82) is 0 Å². The van der Waals surface area contributed by atoms with Crippen LogP contribution in [-0.2, 0) is 11.2 Å². The smallest absolute Gasteiger partial charge is 0.125 e. The second kappa shape index (κ2) is 6.92. The maximum Gasteiger partial charge on any atom is 0.125 e. The first kappa shape index (κ1) is 13.5. The molecule has 0 saturated heterocycles. The third-order valence-electron chi connectivity index (χ3n) is 2.44. The molecule has 0 radical (unpaired) electrons. The van der Waals surface area contributed by atoms with E-state index in [0.29, 0.717) is 13.2 Å². The van der Waals surface area contributed by atoms with Crippen LogP contribution in [0.4, 0.5) is 0 Å². The van der Waals surface area contributed by atoms with Gasteiger partial charge in [-0.1, -0.05) is 28.1 Å². The summed E-state index contributed by atoms with van der Waals surface area (Å²) in [5.41, 5.74) is 3.75. The summed E-state index contributed by atoms with van der Waals surface area (Å²) in [5.74, 6) is 0.996. The maximum atomic E-state index is 5.70. The molecule has 1 rings (SSSR count). The van der Waals surface area contributed by atoms with E-state index < -0.39 is 0 Å². The van der Waals surface area contributed by atoms with Gasteiger partial charge in [0.15, 0.2) is 0 Å². The molecule has 0 bridgehead atoms. The number of benzene rings is 1. The minimum Gasteiger partial charge on any atom is -0.491 e. The molecule has 2 nitrogen and oxygen atoms in total.